The number of primary amides is 1. The first-order valence-electron chi connectivity index (χ1n) is 5.99. The van der Waals surface area contributed by atoms with Crippen LogP contribution in [0.25, 0.3) is 0 Å². The summed E-state index contributed by atoms with van der Waals surface area (Å²) in [4.78, 5) is 18.0. The summed E-state index contributed by atoms with van der Waals surface area (Å²) in [7, 11) is 1.92. The molecule has 0 aliphatic carbocycles. The van der Waals surface area contributed by atoms with Crippen LogP contribution in [0.15, 0.2) is 22.9 Å². The number of carbonyl (C=O) groups is 1. The highest BCUT2D eigenvalue weighted by molar-refractivity contribution is 7.07. The number of carbonyl (C=O) groups excluding carboxylic acids is 1. The molecule has 0 fully saturated rings. The maximum atomic E-state index is 11.6. The minimum atomic E-state index is -0.433. The van der Waals surface area contributed by atoms with Crippen LogP contribution in [0.2, 0.25) is 0 Å². The Hall–Kier alpha value is -1.88. The van der Waals surface area contributed by atoms with Crippen LogP contribution >= 0.6 is 11.3 Å². The lowest BCUT2D eigenvalue weighted by atomic mass is 10.1. The highest BCUT2D eigenvalue weighted by atomic mass is 32.1. The third-order valence-corrected chi connectivity index (χ3v) is 3.67. The number of aromatic nitrogens is 1. The zero-order valence-electron chi connectivity index (χ0n) is 11.3. The van der Waals surface area contributed by atoms with Gasteiger partial charge in [0.15, 0.2) is 0 Å². The Morgan fingerprint density at radius 3 is 2.79 bits per heavy atom. The Labute approximate surface area is 116 Å². The number of hydrogen-bond donors (Lipinski definition) is 1. The maximum Gasteiger partial charge on any atom is 0.252 e. The predicted octanol–water partition coefficient (Wildman–Crippen LogP) is 2.50. The molecule has 0 saturated carbocycles. The summed E-state index contributed by atoms with van der Waals surface area (Å²) in [6.45, 7) is 4.51. The highest BCUT2D eigenvalue weighted by Crippen LogP contribution is 2.23. The fourth-order valence-electron chi connectivity index (χ4n) is 2.13. The van der Waals surface area contributed by atoms with Crippen LogP contribution in [0.4, 0.5) is 5.82 Å². The molecular weight excluding hydrogens is 258 g/mol. The number of hydrogen-bond acceptors (Lipinski definition) is 4. The fraction of sp³-hybridized carbons (Fsp3) is 0.286. The third-order valence-electron chi connectivity index (χ3n) is 2.93. The summed E-state index contributed by atoms with van der Waals surface area (Å²) in [6.07, 6.45) is 0. The van der Waals surface area contributed by atoms with Crippen molar-refractivity contribution >= 4 is 23.1 Å². The fourth-order valence-corrected chi connectivity index (χ4v) is 2.79. The number of rotatable bonds is 4. The number of aryl methyl sites for hydroxylation is 2. The van der Waals surface area contributed by atoms with E-state index in [9.17, 15) is 4.79 Å². The summed E-state index contributed by atoms with van der Waals surface area (Å²) in [6, 6.07) is 3.94. The van der Waals surface area contributed by atoms with E-state index in [-0.39, 0.29) is 0 Å². The van der Waals surface area contributed by atoms with Crippen molar-refractivity contribution in [2.45, 2.75) is 20.4 Å². The molecule has 0 radical (unpaired) electrons. The van der Waals surface area contributed by atoms with Gasteiger partial charge in [-0.1, -0.05) is 0 Å². The quantitative estimate of drug-likeness (QED) is 0.932. The predicted molar refractivity (Wildman–Crippen MR) is 78.7 cm³/mol. The topological polar surface area (TPSA) is 59.2 Å². The Balaban J connectivity index is 2.40. The molecule has 19 heavy (non-hydrogen) atoms. The molecule has 0 aromatic carbocycles. The molecule has 2 heterocycles. The Morgan fingerprint density at radius 2 is 2.21 bits per heavy atom. The summed E-state index contributed by atoms with van der Waals surface area (Å²) in [5.41, 5.74) is 8.93. The van der Waals surface area contributed by atoms with Crippen LogP contribution < -0.4 is 10.6 Å². The van der Waals surface area contributed by atoms with E-state index in [2.05, 4.69) is 16.4 Å². The number of nitrogens with two attached hydrogens (primary N) is 1. The summed E-state index contributed by atoms with van der Waals surface area (Å²) < 4.78 is 0. The smallest absolute Gasteiger partial charge is 0.252 e. The standard InChI is InChI=1S/C14H17N3OS/c1-9-6-10(2)16-14(12(9)13(15)18)17(3)7-11-4-5-19-8-11/h4-6,8H,7H2,1-3H3,(H2,15,18). The van der Waals surface area contributed by atoms with Crippen molar-refractivity contribution in [1.29, 1.82) is 0 Å². The molecule has 0 atom stereocenters. The summed E-state index contributed by atoms with van der Waals surface area (Å²) >= 11 is 1.65. The van der Waals surface area contributed by atoms with Gasteiger partial charge in [0, 0.05) is 19.3 Å². The monoisotopic (exact) mass is 275 g/mol. The van der Waals surface area contributed by atoms with E-state index in [4.69, 9.17) is 5.73 Å². The summed E-state index contributed by atoms with van der Waals surface area (Å²) in [5, 5.41) is 4.12. The number of pyridine rings is 1. The molecule has 2 aromatic heterocycles. The van der Waals surface area contributed by atoms with Crippen LogP contribution in [-0.4, -0.2) is 17.9 Å². The molecule has 4 nitrogen and oxygen atoms in total. The molecule has 100 valence electrons. The average Bonchev–Trinajstić information content (AvgIpc) is 2.79. The first kappa shape index (κ1) is 13.5. The molecule has 0 saturated heterocycles. The van der Waals surface area contributed by atoms with Gasteiger partial charge in [0.25, 0.3) is 5.91 Å². The Morgan fingerprint density at radius 1 is 1.47 bits per heavy atom. The minimum absolute atomic E-state index is 0.433. The van der Waals surface area contributed by atoms with Gasteiger partial charge in [0.05, 0.1) is 5.56 Å². The van der Waals surface area contributed by atoms with E-state index >= 15 is 0 Å². The van der Waals surface area contributed by atoms with Crippen molar-refractivity contribution < 1.29 is 4.79 Å². The second kappa shape index (κ2) is 5.40. The minimum Gasteiger partial charge on any atom is -0.365 e. The molecule has 0 aliphatic heterocycles. The van der Waals surface area contributed by atoms with Crippen LogP contribution in [-0.2, 0) is 6.54 Å². The van der Waals surface area contributed by atoms with E-state index in [1.165, 1.54) is 5.56 Å². The Kier molecular flexibility index (Phi) is 3.85. The van der Waals surface area contributed by atoms with Crippen LogP contribution in [0.1, 0.15) is 27.2 Å². The van der Waals surface area contributed by atoms with Crippen molar-refractivity contribution in [2.24, 2.45) is 5.73 Å². The molecule has 2 aromatic rings. The number of nitrogens with zero attached hydrogens (tertiary/aromatic N) is 2. The van der Waals surface area contributed by atoms with Crippen LogP contribution in [0, 0.1) is 13.8 Å². The SMILES string of the molecule is Cc1cc(C)c(C(N)=O)c(N(C)Cc2ccsc2)n1. The lowest BCUT2D eigenvalue weighted by Gasteiger charge is -2.21. The average molecular weight is 275 g/mol. The van der Waals surface area contributed by atoms with Gasteiger partial charge >= 0.3 is 0 Å². The van der Waals surface area contributed by atoms with E-state index in [1.54, 1.807) is 11.3 Å². The molecule has 0 aliphatic rings. The molecule has 2 N–H and O–H groups in total. The zero-order chi connectivity index (χ0) is 14.0. The van der Waals surface area contributed by atoms with Gasteiger partial charge in [0.2, 0.25) is 0 Å². The second-order valence-electron chi connectivity index (χ2n) is 4.63. The zero-order valence-corrected chi connectivity index (χ0v) is 12.1. The van der Waals surface area contributed by atoms with Gasteiger partial charge in [-0.15, -0.1) is 0 Å². The normalized spacial score (nSPS) is 10.5. The van der Waals surface area contributed by atoms with Crippen molar-refractivity contribution in [3.05, 3.63) is 45.3 Å². The molecule has 2 rings (SSSR count). The van der Waals surface area contributed by atoms with Crippen LogP contribution in [0.5, 0.6) is 0 Å². The highest BCUT2D eigenvalue weighted by Gasteiger charge is 2.17. The Bertz CT molecular complexity index is 593. The van der Waals surface area contributed by atoms with Gasteiger partial charge in [-0.05, 0) is 47.9 Å². The van der Waals surface area contributed by atoms with Crippen molar-refractivity contribution in [3.8, 4) is 0 Å². The first-order chi connectivity index (χ1) is 8.99. The van der Waals surface area contributed by atoms with Gasteiger partial charge in [-0.3, -0.25) is 4.79 Å². The molecule has 0 unspecified atom stereocenters. The second-order valence-corrected chi connectivity index (χ2v) is 5.41. The lowest BCUT2D eigenvalue weighted by molar-refractivity contribution is 0.1000. The third kappa shape index (κ3) is 2.93. The van der Waals surface area contributed by atoms with Gasteiger partial charge in [-0.2, -0.15) is 11.3 Å². The summed E-state index contributed by atoms with van der Waals surface area (Å²) in [5.74, 6) is 0.216. The first-order valence-corrected chi connectivity index (χ1v) is 6.93. The molecular formula is C14H17N3OS. The molecule has 5 heteroatoms. The van der Waals surface area contributed by atoms with Crippen molar-refractivity contribution in [2.75, 3.05) is 11.9 Å². The van der Waals surface area contributed by atoms with Crippen molar-refractivity contribution in [3.63, 3.8) is 0 Å². The molecule has 0 spiro atoms. The lowest BCUT2D eigenvalue weighted by Crippen LogP contribution is -2.24. The number of thiophene rings is 1. The van der Waals surface area contributed by atoms with E-state index in [0.29, 0.717) is 17.9 Å². The van der Waals surface area contributed by atoms with Gasteiger partial charge in [0.1, 0.15) is 5.82 Å². The van der Waals surface area contributed by atoms with Gasteiger partial charge < -0.3 is 10.6 Å². The van der Waals surface area contributed by atoms with Crippen LogP contribution in [0.3, 0.4) is 0 Å². The van der Waals surface area contributed by atoms with Crippen molar-refractivity contribution in [1.82, 2.24) is 4.98 Å². The maximum absolute atomic E-state index is 11.6. The number of anilines is 1. The van der Waals surface area contributed by atoms with E-state index < -0.39 is 5.91 Å². The van der Waals surface area contributed by atoms with E-state index in [0.717, 1.165) is 11.3 Å². The largest absolute Gasteiger partial charge is 0.365 e. The number of amides is 1. The van der Waals surface area contributed by atoms with Gasteiger partial charge in [-0.25, -0.2) is 4.98 Å². The van der Waals surface area contributed by atoms with E-state index in [1.807, 2.05) is 37.2 Å². The molecule has 0 bridgehead atoms. The molecule has 1 amide bonds.